The van der Waals surface area contributed by atoms with E-state index in [0.717, 1.165) is 17.8 Å². The van der Waals surface area contributed by atoms with Gasteiger partial charge in [0.05, 0.1) is 0 Å². The van der Waals surface area contributed by atoms with Crippen molar-refractivity contribution in [2.45, 2.75) is 78.6 Å². The van der Waals surface area contributed by atoms with E-state index in [9.17, 15) is 9.13 Å². The Morgan fingerprint density at radius 1 is 0.931 bits per heavy atom. The number of hydrogen-bond acceptors (Lipinski definition) is 3. The smallest absolute Gasteiger partial charge is 0.302 e. The normalized spacial score (nSPS) is 41.1. The number of fused-ring (bicyclic) bond motifs is 3. The minimum absolute atomic E-state index is 0.584. The van der Waals surface area contributed by atoms with Crippen molar-refractivity contribution in [2.75, 3.05) is 0 Å². The van der Waals surface area contributed by atoms with Gasteiger partial charge >= 0.3 is 15.6 Å². The molecule has 4 fully saturated rings. The molecule has 0 aromatic heterocycles. The zero-order chi connectivity index (χ0) is 21.9. The molecule has 0 heterocycles. The molecule has 1 spiro atoms. The molecule has 0 aromatic rings. The van der Waals surface area contributed by atoms with Gasteiger partial charge in [-0.05, 0) is 85.4 Å². The van der Waals surface area contributed by atoms with Crippen LogP contribution in [0.1, 0.15) is 78.6 Å². The molecule has 0 amide bonds. The average molecular weight is 450 g/mol. The van der Waals surface area contributed by atoms with Crippen molar-refractivity contribution < 1.29 is 33.0 Å². The molecular formula is C20H36O7P2. The molecule has 4 saturated carbocycles. The van der Waals surface area contributed by atoms with Gasteiger partial charge in [-0.2, -0.15) is 4.31 Å². The molecule has 0 aromatic carbocycles. The van der Waals surface area contributed by atoms with Gasteiger partial charge < -0.3 is 19.6 Å². The third-order valence-electron chi connectivity index (χ3n) is 8.57. The third kappa shape index (κ3) is 4.77. The number of rotatable bonds is 2. The van der Waals surface area contributed by atoms with Crippen LogP contribution in [-0.4, -0.2) is 19.6 Å². The predicted octanol–water partition coefficient (Wildman–Crippen LogP) is 5.16. The highest BCUT2D eigenvalue weighted by Gasteiger charge is 2.62. The lowest BCUT2D eigenvalue weighted by Crippen LogP contribution is -2.55. The second kappa shape index (κ2) is 7.55. The molecule has 29 heavy (non-hydrogen) atoms. The Hall–Kier alpha value is -0.0000000000000000971. The monoisotopic (exact) mass is 450 g/mol. The fraction of sp³-hybridized carbons (Fsp3) is 0.900. The first-order valence-electron chi connectivity index (χ1n) is 10.6. The first kappa shape index (κ1) is 23.7. The van der Waals surface area contributed by atoms with Crippen molar-refractivity contribution in [1.82, 2.24) is 0 Å². The predicted molar refractivity (Wildman–Crippen MR) is 111 cm³/mol. The van der Waals surface area contributed by atoms with Gasteiger partial charge in [0.2, 0.25) is 0 Å². The van der Waals surface area contributed by atoms with Crippen molar-refractivity contribution >= 4 is 15.6 Å². The van der Waals surface area contributed by atoms with E-state index < -0.39 is 15.6 Å². The van der Waals surface area contributed by atoms with Gasteiger partial charge in [0, 0.05) is 0 Å². The highest BCUT2D eigenvalue weighted by Crippen LogP contribution is 2.72. The molecule has 0 unspecified atom stereocenters. The van der Waals surface area contributed by atoms with E-state index in [-0.39, 0.29) is 0 Å². The van der Waals surface area contributed by atoms with Crippen LogP contribution < -0.4 is 0 Å². The van der Waals surface area contributed by atoms with Crippen molar-refractivity contribution in [3.63, 3.8) is 0 Å². The molecule has 4 N–H and O–H groups in total. The largest absolute Gasteiger partial charge is 0.478 e. The van der Waals surface area contributed by atoms with Gasteiger partial charge in [0.25, 0.3) is 0 Å². The minimum Gasteiger partial charge on any atom is -0.302 e. The molecule has 0 radical (unpaired) electrons. The van der Waals surface area contributed by atoms with Gasteiger partial charge in [-0.25, -0.2) is 9.13 Å². The van der Waals surface area contributed by atoms with Crippen LogP contribution in [0.3, 0.4) is 0 Å². The SMILES string of the molecule is C=C1C[C@@]23CC[C@@H]4C(C)(C)CCC[C@@]4(C)[C@@H]2CC[C@@H]1C3.O=P(O)(O)OP(=O)(O)O. The summed E-state index contributed by atoms with van der Waals surface area (Å²) < 4.78 is 22.2. The molecule has 2 bridgehead atoms. The van der Waals surface area contributed by atoms with Crippen LogP contribution in [0.2, 0.25) is 0 Å². The zero-order valence-electron chi connectivity index (χ0n) is 17.7. The first-order valence-corrected chi connectivity index (χ1v) is 13.6. The van der Waals surface area contributed by atoms with Crippen molar-refractivity contribution in [2.24, 2.45) is 34.0 Å². The van der Waals surface area contributed by atoms with Gasteiger partial charge in [0.1, 0.15) is 0 Å². The summed E-state index contributed by atoms with van der Waals surface area (Å²) in [6.45, 7) is 12.2. The van der Waals surface area contributed by atoms with E-state index in [0.29, 0.717) is 16.2 Å². The summed E-state index contributed by atoms with van der Waals surface area (Å²) in [5.41, 5.74) is 3.51. The molecular weight excluding hydrogens is 414 g/mol. The minimum atomic E-state index is -5.05. The van der Waals surface area contributed by atoms with Crippen LogP contribution in [0.15, 0.2) is 12.2 Å². The summed E-state index contributed by atoms with van der Waals surface area (Å²) in [4.78, 5) is 31.0. The van der Waals surface area contributed by atoms with E-state index in [2.05, 4.69) is 31.7 Å². The maximum absolute atomic E-state index is 9.63. The first-order chi connectivity index (χ1) is 13.1. The Kier molecular flexibility index (Phi) is 6.16. The Morgan fingerprint density at radius 3 is 2.10 bits per heavy atom. The van der Waals surface area contributed by atoms with Gasteiger partial charge in [0.15, 0.2) is 0 Å². The van der Waals surface area contributed by atoms with Crippen molar-refractivity contribution in [1.29, 1.82) is 0 Å². The maximum atomic E-state index is 9.63. The van der Waals surface area contributed by atoms with Crippen LogP contribution in [0, 0.1) is 34.0 Å². The average Bonchev–Trinajstić information content (AvgIpc) is 2.72. The van der Waals surface area contributed by atoms with Crippen LogP contribution in [-0.2, 0) is 13.4 Å². The molecule has 4 aliphatic rings. The van der Waals surface area contributed by atoms with Crippen LogP contribution >= 0.6 is 15.6 Å². The van der Waals surface area contributed by atoms with Crippen LogP contribution in [0.4, 0.5) is 0 Å². The molecule has 0 aliphatic heterocycles. The molecule has 4 aliphatic carbocycles. The molecule has 7 nitrogen and oxygen atoms in total. The van der Waals surface area contributed by atoms with Crippen molar-refractivity contribution in [3.05, 3.63) is 12.2 Å². The lowest BCUT2D eigenvalue weighted by molar-refractivity contribution is -0.144. The quantitative estimate of drug-likeness (QED) is 0.338. The summed E-state index contributed by atoms with van der Waals surface area (Å²) in [6.07, 6.45) is 13.3. The Balaban J connectivity index is 0.000000229. The molecule has 0 saturated heterocycles. The van der Waals surface area contributed by atoms with Gasteiger partial charge in [-0.3, -0.25) is 0 Å². The lowest BCUT2D eigenvalue weighted by atomic mass is 9.41. The molecule has 168 valence electrons. The highest BCUT2D eigenvalue weighted by atomic mass is 31.3. The highest BCUT2D eigenvalue weighted by molar-refractivity contribution is 7.60. The van der Waals surface area contributed by atoms with E-state index in [1.54, 1.807) is 5.57 Å². The Labute approximate surface area is 173 Å². The summed E-state index contributed by atoms with van der Waals surface area (Å²) in [7, 11) is -10.1. The Bertz CT molecular complexity index is 734. The van der Waals surface area contributed by atoms with Crippen LogP contribution in [0.5, 0.6) is 0 Å². The van der Waals surface area contributed by atoms with E-state index in [4.69, 9.17) is 19.6 Å². The van der Waals surface area contributed by atoms with E-state index >= 15 is 0 Å². The summed E-state index contributed by atoms with van der Waals surface area (Å²) in [5.74, 6) is 2.87. The molecule has 4 rings (SSSR count). The molecule has 9 heteroatoms. The van der Waals surface area contributed by atoms with E-state index in [1.807, 2.05) is 0 Å². The van der Waals surface area contributed by atoms with Crippen molar-refractivity contribution in [3.8, 4) is 0 Å². The summed E-state index contributed by atoms with van der Waals surface area (Å²) in [6, 6.07) is 0. The second-order valence-electron chi connectivity index (χ2n) is 10.7. The lowest BCUT2D eigenvalue weighted by Gasteiger charge is -2.64. The summed E-state index contributed by atoms with van der Waals surface area (Å²) in [5, 5.41) is 0. The topological polar surface area (TPSA) is 124 Å². The van der Waals surface area contributed by atoms with Crippen LogP contribution in [0.25, 0.3) is 0 Å². The standard InChI is InChI=1S/C20H32.H4O7P2/c1-14-12-20-11-8-16-18(2,3)9-5-10-19(16,4)17(20)7-6-15(14)13-20;1-8(2,3)7-9(4,5)6/h15-17H,1,5-13H2,2-4H3;(H2,1,2,3)(H2,4,5,6)/t15-,16-,17+,19-,20-;/m1./s1. The molecule has 5 atom stereocenters. The fourth-order valence-corrected chi connectivity index (χ4v) is 8.93. The second-order valence-corrected chi connectivity index (χ2v) is 13.3. The zero-order valence-corrected chi connectivity index (χ0v) is 19.5. The Morgan fingerprint density at radius 2 is 1.55 bits per heavy atom. The van der Waals surface area contributed by atoms with E-state index in [1.165, 1.54) is 57.8 Å². The number of phosphoric acid groups is 2. The summed E-state index contributed by atoms with van der Waals surface area (Å²) >= 11 is 0. The fourth-order valence-electron chi connectivity index (χ4n) is 7.82. The number of hydrogen-bond donors (Lipinski definition) is 4. The number of allylic oxidation sites excluding steroid dienone is 1. The van der Waals surface area contributed by atoms with Gasteiger partial charge in [-0.1, -0.05) is 39.3 Å². The maximum Gasteiger partial charge on any atom is 0.478 e. The third-order valence-corrected chi connectivity index (χ3v) is 10.3. The van der Waals surface area contributed by atoms with Gasteiger partial charge in [-0.15, -0.1) is 0 Å².